The highest BCUT2D eigenvalue weighted by Gasteiger charge is 2.19. The number of halogens is 1. The van der Waals surface area contributed by atoms with E-state index in [0.29, 0.717) is 19.0 Å². The molecule has 0 aliphatic rings. The third kappa shape index (κ3) is 10.1. The Morgan fingerprint density at radius 2 is 1.92 bits per heavy atom. The van der Waals surface area contributed by atoms with E-state index in [1.54, 1.807) is 13.1 Å². The Kier molecular flexibility index (Phi) is 4.36. The van der Waals surface area contributed by atoms with Gasteiger partial charge in [-0.05, 0) is 25.6 Å². The molecule has 1 N–H and O–H groups in total. The first-order valence-corrected chi connectivity index (χ1v) is 8.82. The predicted molar refractivity (Wildman–Crippen MR) is 50.9 cm³/mol. The van der Waals surface area contributed by atoms with Gasteiger partial charge < -0.3 is 4.11 Å². The van der Waals surface area contributed by atoms with Crippen LogP contribution in [0.25, 0.3) is 0 Å². The molecule has 0 rings (SSSR count). The molecular weight excluding hydrogens is 197 g/mol. The predicted octanol–water partition coefficient (Wildman–Crippen LogP) is 1.10. The van der Waals surface area contributed by atoms with E-state index < -0.39 is 18.4 Å². The number of hydrogen-bond acceptors (Lipinski definition) is 2. The van der Waals surface area contributed by atoms with E-state index in [1.807, 2.05) is 0 Å². The molecule has 0 radical (unpaired) electrons. The van der Waals surface area contributed by atoms with Crippen molar-refractivity contribution in [2.24, 2.45) is 0 Å². The van der Waals surface area contributed by atoms with Crippen LogP contribution in [0.2, 0.25) is 19.1 Å². The van der Waals surface area contributed by atoms with Gasteiger partial charge in [0.15, 0.2) is 0 Å². The second kappa shape index (κ2) is 4.34. The Balaban J connectivity index is 3.48. The summed E-state index contributed by atoms with van der Waals surface area (Å²) in [7, 11) is -5.59. The normalized spacial score (nSPS) is 13.3. The van der Waals surface area contributed by atoms with Gasteiger partial charge >= 0.3 is 0 Å². The number of rotatable bonds is 5. The molecule has 0 aromatic carbocycles. The topological polar surface area (TPSA) is 46.2 Å². The van der Waals surface area contributed by atoms with Crippen LogP contribution in [0, 0.1) is 0 Å². The minimum Gasteiger partial charge on any atom is -0.314 e. The standard InChI is InChI=1S/C6H16FNO2SSi/c1-11(9,10)8-5-4-6-12(2,3)7/h8H,4-6H2,1-3H3. The fraction of sp³-hybridized carbons (Fsp3) is 1.00. The van der Waals surface area contributed by atoms with Crippen molar-refractivity contribution in [2.45, 2.75) is 25.6 Å². The van der Waals surface area contributed by atoms with Crippen molar-refractivity contribution in [3.63, 3.8) is 0 Å². The van der Waals surface area contributed by atoms with Crippen LogP contribution in [0.5, 0.6) is 0 Å². The second-order valence-electron chi connectivity index (χ2n) is 3.49. The van der Waals surface area contributed by atoms with Crippen LogP contribution in [0.3, 0.4) is 0 Å². The zero-order valence-electron chi connectivity index (χ0n) is 7.72. The Morgan fingerprint density at radius 3 is 2.25 bits per heavy atom. The molecule has 74 valence electrons. The van der Waals surface area contributed by atoms with Crippen molar-refractivity contribution >= 4 is 18.4 Å². The van der Waals surface area contributed by atoms with Gasteiger partial charge in [-0.3, -0.25) is 0 Å². The summed E-state index contributed by atoms with van der Waals surface area (Å²) < 4.78 is 36.4. The summed E-state index contributed by atoms with van der Waals surface area (Å²) in [5.74, 6) is 0. The highest BCUT2D eigenvalue weighted by Crippen LogP contribution is 2.11. The molecule has 12 heavy (non-hydrogen) atoms. The molecule has 0 atom stereocenters. The summed E-state index contributed by atoms with van der Waals surface area (Å²) in [5, 5.41) is 0. The van der Waals surface area contributed by atoms with Crippen molar-refractivity contribution in [2.75, 3.05) is 12.8 Å². The van der Waals surface area contributed by atoms with Crippen LogP contribution >= 0.6 is 0 Å². The van der Waals surface area contributed by atoms with Gasteiger partial charge in [0, 0.05) is 6.54 Å². The van der Waals surface area contributed by atoms with Crippen molar-refractivity contribution in [3.05, 3.63) is 0 Å². The summed E-state index contributed by atoms with van der Waals surface area (Å²) >= 11 is 0. The van der Waals surface area contributed by atoms with Crippen LogP contribution in [-0.4, -0.2) is 29.6 Å². The van der Waals surface area contributed by atoms with E-state index in [1.165, 1.54) is 0 Å². The van der Waals surface area contributed by atoms with Crippen molar-refractivity contribution in [3.8, 4) is 0 Å². The van der Waals surface area contributed by atoms with E-state index in [4.69, 9.17) is 0 Å². The summed E-state index contributed by atoms with van der Waals surface area (Å²) in [6, 6.07) is 0.509. The highest BCUT2D eigenvalue weighted by molar-refractivity contribution is 7.88. The Bertz CT molecular complexity index is 222. The smallest absolute Gasteiger partial charge is 0.241 e. The Labute approximate surface area is 74.6 Å². The van der Waals surface area contributed by atoms with Gasteiger partial charge in [-0.15, -0.1) is 0 Å². The second-order valence-corrected chi connectivity index (χ2v) is 9.26. The molecule has 0 aliphatic carbocycles. The average molecular weight is 213 g/mol. The van der Waals surface area contributed by atoms with Crippen molar-refractivity contribution in [1.29, 1.82) is 0 Å². The van der Waals surface area contributed by atoms with Crippen LogP contribution in [0.4, 0.5) is 4.11 Å². The first-order valence-electron chi connectivity index (χ1n) is 3.84. The van der Waals surface area contributed by atoms with E-state index in [9.17, 15) is 12.5 Å². The van der Waals surface area contributed by atoms with Gasteiger partial charge in [-0.25, -0.2) is 13.1 Å². The Hall–Kier alpha value is 0.0569. The molecule has 0 amide bonds. The molecular formula is C6H16FNO2SSi. The van der Waals surface area contributed by atoms with Crippen LogP contribution in [0.1, 0.15) is 6.42 Å². The average Bonchev–Trinajstić information content (AvgIpc) is 1.76. The minimum absolute atomic E-state index is 0.346. The molecule has 6 heteroatoms. The van der Waals surface area contributed by atoms with Gasteiger partial charge in [0.05, 0.1) is 6.26 Å². The molecule has 0 unspecified atom stereocenters. The lowest BCUT2D eigenvalue weighted by atomic mass is 10.5. The maximum atomic E-state index is 13.0. The van der Waals surface area contributed by atoms with Gasteiger partial charge in [0.25, 0.3) is 0 Å². The minimum atomic E-state index is -3.10. The highest BCUT2D eigenvalue weighted by atomic mass is 32.2. The SMILES string of the molecule is C[Si](C)(F)CCCNS(C)(=O)=O. The maximum absolute atomic E-state index is 13.0. The maximum Gasteiger partial charge on any atom is 0.241 e. The van der Waals surface area contributed by atoms with Crippen molar-refractivity contribution < 1.29 is 12.5 Å². The lowest BCUT2D eigenvalue weighted by Gasteiger charge is -2.09. The largest absolute Gasteiger partial charge is 0.314 e. The molecule has 0 saturated heterocycles. The van der Waals surface area contributed by atoms with E-state index in [-0.39, 0.29) is 0 Å². The molecule has 0 heterocycles. The monoisotopic (exact) mass is 213 g/mol. The molecule has 0 aliphatic heterocycles. The lowest BCUT2D eigenvalue weighted by Crippen LogP contribution is -2.25. The summed E-state index contributed by atoms with van der Waals surface area (Å²) in [4.78, 5) is 0. The van der Waals surface area contributed by atoms with Gasteiger partial charge in [0.1, 0.15) is 0 Å². The first kappa shape index (κ1) is 12.1. The molecule has 0 aromatic heterocycles. The van der Waals surface area contributed by atoms with Gasteiger partial charge in [0.2, 0.25) is 18.4 Å². The van der Waals surface area contributed by atoms with Crippen LogP contribution in [-0.2, 0) is 10.0 Å². The molecule has 0 bridgehead atoms. The van der Waals surface area contributed by atoms with Gasteiger partial charge in [-0.1, -0.05) is 0 Å². The summed E-state index contributed by atoms with van der Waals surface area (Å²) in [6.07, 6.45) is 1.69. The molecule has 3 nitrogen and oxygen atoms in total. The summed E-state index contributed by atoms with van der Waals surface area (Å²) in [5.41, 5.74) is 0. The molecule has 0 spiro atoms. The quantitative estimate of drug-likeness (QED) is 0.422. The third-order valence-electron chi connectivity index (χ3n) is 1.31. The van der Waals surface area contributed by atoms with Gasteiger partial charge in [-0.2, -0.15) is 0 Å². The van der Waals surface area contributed by atoms with Crippen LogP contribution < -0.4 is 4.72 Å². The number of nitrogens with one attached hydrogen (secondary N) is 1. The fourth-order valence-electron chi connectivity index (χ4n) is 0.766. The zero-order chi connectivity index (χ0) is 9.83. The Morgan fingerprint density at radius 1 is 1.42 bits per heavy atom. The zero-order valence-corrected chi connectivity index (χ0v) is 9.54. The number of sulfonamides is 1. The fourth-order valence-corrected chi connectivity index (χ4v) is 2.30. The van der Waals surface area contributed by atoms with E-state index in [2.05, 4.69) is 4.72 Å². The molecule has 0 saturated carbocycles. The van der Waals surface area contributed by atoms with Crippen LogP contribution in [0.15, 0.2) is 0 Å². The molecule has 0 fully saturated rings. The third-order valence-corrected chi connectivity index (χ3v) is 3.58. The first-order chi connectivity index (χ1) is 5.21. The molecule has 0 aromatic rings. The summed E-state index contributed by atoms with van der Waals surface area (Å²) in [6.45, 7) is 3.58. The number of hydrogen-bond donors (Lipinski definition) is 1. The van der Waals surface area contributed by atoms with E-state index in [0.717, 1.165) is 6.26 Å². The van der Waals surface area contributed by atoms with E-state index >= 15 is 0 Å². The van der Waals surface area contributed by atoms with Crippen molar-refractivity contribution in [1.82, 2.24) is 4.72 Å². The lowest BCUT2D eigenvalue weighted by molar-refractivity contribution is 0.586.